The Bertz CT molecular complexity index is 693. The Balaban J connectivity index is 2.40. The molecule has 0 saturated carbocycles. The fourth-order valence-electron chi connectivity index (χ4n) is 2.26. The van der Waals surface area contributed by atoms with E-state index >= 15 is 0 Å². The molecule has 0 amide bonds. The average Bonchev–Trinajstić information content (AvgIpc) is 2.77. The van der Waals surface area contributed by atoms with Gasteiger partial charge in [-0.2, -0.15) is 5.10 Å². The van der Waals surface area contributed by atoms with Gasteiger partial charge in [-0.25, -0.2) is 0 Å². The standard InChI is InChI=1S/C14H15N3O4/c1-9-4-3-5-10(6-9)7-11(14(18)19)13-12(17(20)21)8-16(2)15-13/h3-6,8,11H,7H2,1-2H3,(H,18,19). The molecule has 2 rings (SSSR count). The van der Waals surface area contributed by atoms with Gasteiger partial charge in [0.15, 0.2) is 5.69 Å². The number of benzene rings is 1. The Kier molecular flexibility index (Phi) is 4.02. The van der Waals surface area contributed by atoms with Gasteiger partial charge in [0.25, 0.3) is 0 Å². The van der Waals surface area contributed by atoms with E-state index in [1.165, 1.54) is 17.9 Å². The molecule has 2 aromatic rings. The molecule has 1 aromatic carbocycles. The van der Waals surface area contributed by atoms with Crippen molar-refractivity contribution in [2.45, 2.75) is 19.3 Å². The van der Waals surface area contributed by atoms with Crippen molar-refractivity contribution in [1.82, 2.24) is 9.78 Å². The molecule has 7 nitrogen and oxygen atoms in total. The Morgan fingerprint density at radius 3 is 2.81 bits per heavy atom. The minimum atomic E-state index is -1.13. The smallest absolute Gasteiger partial charge is 0.313 e. The molecule has 0 fully saturated rings. The number of hydrogen-bond acceptors (Lipinski definition) is 4. The van der Waals surface area contributed by atoms with Crippen LogP contribution < -0.4 is 0 Å². The van der Waals surface area contributed by atoms with E-state index in [4.69, 9.17) is 0 Å². The number of carboxylic acids is 1. The fraction of sp³-hybridized carbons (Fsp3) is 0.286. The molecule has 1 aromatic heterocycles. The van der Waals surface area contributed by atoms with E-state index < -0.39 is 16.8 Å². The summed E-state index contributed by atoms with van der Waals surface area (Å²) in [6.07, 6.45) is 1.39. The largest absolute Gasteiger partial charge is 0.481 e. The predicted molar refractivity (Wildman–Crippen MR) is 75.1 cm³/mol. The number of aromatic nitrogens is 2. The first kappa shape index (κ1) is 14.7. The van der Waals surface area contributed by atoms with Crippen LogP contribution in [-0.2, 0) is 18.3 Å². The second-order valence-corrected chi connectivity index (χ2v) is 4.91. The molecule has 1 heterocycles. The van der Waals surface area contributed by atoms with Crippen molar-refractivity contribution in [3.8, 4) is 0 Å². The Labute approximate surface area is 121 Å². The Hall–Kier alpha value is -2.70. The molecule has 0 spiro atoms. The predicted octanol–water partition coefficient (Wildman–Crippen LogP) is 2.05. The van der Waals surface area contributed by atoms with E-state index in [0.29, 0.717) is 0 Å². The van der Waals surface area contributed by atoms with E-state index in [9.17, 15) is 20.0 Å². The van der Waals surface area contributed by atoms with Crippen molar-refractivity contribution >= 4 is 11.7 Å². The van der Waals surface area contributed by atoms with Gasteiger partial charge in [0.2, 0.25) is 0 Å². The van der Waals surface area contributed by atoms with Crippen LogP contribution in [0.15, 0.2) is 30.5 Å². The molecule has 1 atom stereocenters. The lowest BCUT2D eigenvalue weighted by molar-refractivity contribution is -0.385. The summed E-state index contributed by atoms with van der Waals surface area (Å²) in [5, 5.41) is 24.4. The van der Waals surface area contributed by atoms with Gasteiger partial charge in [-0.3, -0.25) is 19.6 Å². The normalized spacial score (nSPS) is 12.1. The highest BCUT2D eigenvalue weighted by atomic mass is 16.6. The van der Waals surface area contributed by atoms with Crippen LogP contribution in [0.5, 0.6) is 0 Å². The Morgan fingerprint density at radius 1 is 1.52 bits per heavy atom. The number of carbonyl (C=O) groups is 1. The first-order valence-electron chi connectivity index (χ1n) is 6.34. The minimum absolute atomic E-state index is 0.0171. The van der Waals surface area contributed by atoms with E-state index in [-0.39, 0.29) is 17.8 Å². The first-order chi connectivity index (χ1) is 9.88. The SMILES string of the molecule is Cc1cccc(CC(C(=O)O)c2nn(C)cc2[N+](=O)[O-])c1. The summed E-state index contributed by atoms with van der Waals surface area (Å²) in [7, 11) is 1.53. The first-order valence-corrected chi connectivity index (χ1v) is 6.34. The highest BCUT2D eigenvalue weighted by Gasteiger charge is 2.31. The van der Waals surface area contributed by atoms with Gasteiger partial charge in [0.05, 0.1) is 4.92 Å². The number of hydrogen-bond donors (Lipinski definition) is 1. The molecule has 1 N–H and O–H groups in total. The molecule has 110 valence electrons. The van der Waals surface area contributed by atoms with E-state index in [1.807, 2.05) is 25.1 Å². The Morgan fingerprint density at radius 2 is 2.24 bits per heavy atom. The minimum Gasteiger partial charge on any atom is -0.481 e. The summed E-state index contributed by atoms with van der Waals surface area (Å²) < 4.78 is 1.26. The molecule has 7 heteroatoms. The van der Waals surface area contributed by atoms with Crippen molar-refractivity contribution < 1.29 is 14.8 Å². The molecule has 1 unspecified atom stereocenters. The van der Waals surface area contributed by atoms with Crippen LogP contribution in [0, 0.1) is 17.0 Å². The van der Waals surface area contributed by atoms with Crippen molar-refractivity contribution in [3.05, 3.63) is 57.4 Å². The van der Waals surface area contributed by atoms with Gasteiger partial charge in [0.1, 0.15) is 12.1 Å². The van der Waals surface area contributed by atoms with Crippen LogP contribution in [0.1, 0.15) is 22.7 Å². The summed E-state index contributed by atoms with van der Waals surface area (Å²) in [4.78, 5) is 21.9. The lowest BCUT2D eigenvalue weighted by atomic mass is 9.95. The fourth-order valence-corrected chi connectivity index (χ4v) is 2.26. The molecule has 0 bridgehead atoms. The lowest BCUT2D eigenvalue weighted by Gasteiger charge is -2.10. The topological polar surface area (TPSA) is 98.3 Å². The molecule has 0 aliphatic rings. The van der Waals surface area contributed by atoms with Crippen LogP contribution in [-0.4, -0.2) is 25.8 Å². The van der Waals surface area contributed by atoms with E-state index in [0.717, 1.165) is 11.1 Å². The number of aryl methyl sites for hydroxylation is 2. The third-order valence-corrected chi connectivity index (χ3v) is 3.18. The van der Waals surface area contributed by atoms with Crippen LogP contribution in [0.4, 0.5) is 5.69 Å². The second kappa shape index (κ2) is 5.74. The third kappa shape index (κ3) is 3.25. The molecular formula is C14H15N3O4. The molecule has 0 aliphatic heterocycles. The molecule has 21 heavy (non-hydrogen) atoms. The zero-order valence-electron chi connectivity index (χ0n) is 11.7. The quantitative estimate of drug-likeness (QED) is 0.671. The maximum atomic E-state index is 11.5. The number of nitro groups is 1. The van der Waals surface area contributed by atoms with Crippen LogP contribution >= 0.6 is 0 Å². The van der Waals surface area contributed by atoms with Gasteiger partial charge in [0, 0.05) is 7.05 Å². The maximum Gasteiger partial charge on any atom is 0.313 e. The maximum absolute atomic E-state index is 11.5. The van der Waals surface area contributed by atoms with Gasteiger partial charge in [-0.05, 0) is 18.9 Å². The van der Waals surface area contributed by atoms with E-state index in [1.54, 1.807) is 6.07 Å². The monoisotopic (exact) mass is 289 g/mol. The number of carboxylic acid groups (broad SMARTS) is 1. The summed E-state index contributed by atoms with van der Waals surface area (Å²) in [6.45, 7) is 1.91. The molecule has 0 radical (unpaired) electrons. The summed E-state index contributed by atoms with van der Waals surface area (Å²) >= 11 is 0. The second-order valence-electron chi connectivity index (χ2n) is 4.91. The zero-order valence-corrected chi connectivity index (χ0v) is 11.7. The van der Waals surface area contributed by atoms with Gasteiger partial charge >= 0.3 is 11.7 Å². The molecular weight excluding hydrogens is 274 g/mol. The van der Waals surface area contributed by atoms with Crippen molar-refractivity contribution in [1.29, 1.82) is 0 Å². The summed E-state index contributed by atoms with van der Waals surface area (Å²) in [5.41, 5.74) is 1.53. The van der Waals surface area contributed by atoms with E-state index in [2.05, 4.69) is 5.10 Å². The number of nitrogens with zero attached hydrogens (tertiary/aromatic N) is 3. The van der Waals surface area contributed by atoms with Crippen LogP contribution in [0.3, 0.4) is 0 Å². The molecule has 0 aliphatic carbocycles. The molecule has 0 saturated heterocycles. The number of rotatable bonds is 5. The highest BCUT2D eigenvalue weighted by molar-refractivity contribution is 5.77. The van der Waals surface area contributed by atoms with Crippen molar-refractivity contribution in [2.75, 3.05) is 0 Å². The van der Waals surface area contributed by atoms with Gasteiger partial charge in [-0.15, -0.1) is 0 Å². The lowest BCUT2D eigenvalue weighted by Crippen LogP contribution is -2.16. The third-order valence-electron chi connectivity index (χ3n) is 3.18. The van der Waals surface area contributed by atoms with Crippen LogP contribution in [0.2, 0.25) is 0 Å². The van der Waals surface area contributed by atoms with Crippen LogP contribution in [0.25, 0.3) is 0 Å². The van der Waals surface area contributed by atoms with Gasteiger partial charge in [-0.1, -0.05) is 29.8 Å². The summed E-state index contributed by atoms with van der Waals surface area (Å²) in [5.74, 6) is -2.17. The summed E-state index contributed by atoms with van der Waals surface area (Å²) in [6, 6.07) is 7.40. The number of aliphatic carboxylic acids is 1. The van der Waals surface area contributed by atoms with Gasteiger partial charge < -0.3 is 5.11 Å². The van der Waals surface area contributed by atoms with Crippen molar-refractivity contribution in [2.24, 2.45) is 7.05 Å². The van der Waals surface area contributed by atoms with Crippen molar-refractivity contribution in [3.63, 3.8) is 0 Å². The average molecular weight is 289 g/mol. The highest BCUT2D eigenvalue weighted by Crippen LogP contribution is 2.28. The zero-order chi connectivity index (χ0) is 15.6.